The Labute approximate surface area is 130 Å². The topological polar surface area (TPSA) is 51.1 Å². The van der Waals surface area contributed by atoms with Crippen molar-refractivity contribution in [2.75, 3.05) is 20.3 Å². The average molecular weight is 300 g/mol. The number of benzene rings is 1. The normalized spacial score (nSPS) is 19.7. The highest BCUT2D eigenvalue weighted by molar-refractivity contribution is 6.03. The molecule has 0 bridgehead atoms. The van der Waals surface area contributed by atoms with E-state index in [1.54, 1.807) is 19.2 Å². The van der Waals surface area contributed by atoms with Crippen LogP contribution in [0.1, 0.15) is 30.1 Å². The predicted octanol–water partition coefficient (Wildman–Crippen LogP) is 2.97. The van der Waals surface area contributed by atoms with E-state index in [0.29, 0.717) is 35.9 Å². The lowest BCUT2D eigenvalue weighted by Gasteiger charge is -2.20. The Morgan fingerprint density at radius 2 is 2.23 bits per heavy atom. The second kappa shape index (κ2) is 5.83. The zero-order valence-electron chi connectivity index (χ0n) is 13.0. The maximum Gasteiger partial charge on any atom is 0.257 e. The maximum atomic E-state index is 12.8. The lowest BCUT2D eigenvalue weighted by Crippen LogP contribution is -2.35. The molecule has 2 heterocycles. The Morgan fingerprint density at radius 1 is 1.41 bits per heavy atom. The lowest BCUT2D eigenvalue weighted by molar-refractivity contribution is 0.0777. The van der Waals surface area contributed by atoms with Crippen molar-refractivity contribution in [3.63, 3.8) is 0 Å². The molecule has 3 rings (SSSR count). The van der Waals surface area contributed by atoms with Crippen molar-refractivity contribution in [2.24, 2.45) is 4.99 Å². The fourth-order valence-electron chi connectivity index (χ4n) is 2.82. The number of methoxy groups -OCH3 is 1. The highest BCUT2D eigenvalue weighted by Gasteiger charge is 2.34. The smallest absolute Gasteiger partial charge is 0.257 e. The molecule has 0 unspecified atom stereocenters. The minimum absolute atomic E-state index is 0.00148. The van der Waals surface area contributed by atoms with E-state index in [0.717, 1.165) is 18.4 Å². The van der Waals surface area contributed by atoms with Gasteiger partial charge in [0.1, 0.15) is 0 Å². The third-order valence-corrected chi connectivity index (χ3v) is 3.91. The molecular weight excluding hydrogens is 280 g/mol. The van der Waals surface area contributed by atoms with Gasteiger partial charge < -0.3 is 14.4 Å². The zero-order chi connectivity index (χ0) is 15.7. The number of carbonyl (C=O) groups is 1. The van der Waals surface area contributed by atoms with Gasteiger partial charge in [0.25, 0.3) is 5.91 Å². The molecule has 1 saturated heterocycles. The van der Waals surface area contributed by atoms with Crippen LogP contribution in [0.5, 0.6) is 11.5 Å². The largest absolute Gasteiger partial charge is 0.493 e. The van der Waals surface area contributed by atoms with E-state index in [4.69, 9.17) is 9.47 Å². The van der Waals surface area contributed by atoms with E-state index >= 15 is 0 Å². The van der Waals surface area contributed by atoms with Crippen LogP contribution in [-0.2, 0) is 0 Å². The first-order valence-electron chi connectivity index (χ1n) is 7.50. The summed E-state index contributed by atoms with van der Waals surface area (Å²) in [4.78, 5) is 19.1. The first-order chi connectivity index (χ1) is 10.6. The summed E-state index contributed by atoms with van der Waals surface area (Å²) in [5.41, 5.74) is 2.24. The Kier molecular flexibility index (Phi) is 3.88. The second-order valence-corrected chi connectivity index (χ2v) is 5.60. The van der Waals surface area contributed by atoms with Gasteiger partial charge in [-0.2, -0.15) is 0 Å². The molecule has 0 radical (unpaired) electrons. The number of amides is 1. The third-order valence-electron chi connectivity index (χ3n) is 3.91. The molecule has 0 aliphatic carbocycles. The van der Waals surface area contributed by atoms with Crippen LogP contribution in [0.25, 0.3) is 0 Å². The molecule has 0 N–H and O–H groups in total. The molecule has 0 saturated carbocycles. The van der Waals surface area contributed by atoms with Gasteiger partial charge in [0.2, 0.25) is 0 Å². The van der Waals surface area contributed by atoms with Crippen molar-refractivity contribution in [3.8, 4) is 11.5 Å². The molecule has 2 aliphatic heterocycles. The molecule has 116 valence electrons. The molecule has 0 spiro atoms. The summed E-state index contributed by atoms with van der Waals surface area (Å²) in [5.74, 6) is 1.16. The minimum atomic E-state index is -0.0310. The number of rotatable bonds is 4. The summed E-state index contributed by atoms with van der Waals surface area (Å²) in [7, 11) is 1.57. The number of fused-ring (bicyclic) bond motifs is 2. The third kappa shape index (κ3) is 2.47. The number of nitrogens with zero attached hydrogens (tertiary/aromatic N) is 2. The summed E-state index contributed by atoms with van der Waals surface area (Å²) >= 11 is 0. The van der Waals surface area contributed by atoms with Gasteiger partial charge in [0.05, 0.1) is 31.0 Å². The number of hydrogen-bond acceptors (Lipinski definition) is 4. The number of aliphatic imine (C=N–C) groups is 1. The zero-order valence-corrected chi connectivity index (χ0v) is 13.0. The highest BCUT2D eigenvalue weighted by atomic mass is 16.5. The number of hydrogen-bond donors (Lipinski definition) is 0. The number of ether oxygens (including phenoxy) is 2. The van der Waals surface area contributed by atoms with Crippen LogP contribution in [0.3, 0.4) is 0 Å². The summed E-state index contributed by atoms with van der Waals surface area (Å²) in [6.45, 7) is 7.21. The molecule has 1 aromatic carbocycles. The van der Waals surface area contributed by atoms with Crippen molar-refractivity contribution in [3.05, 3.63) is 29.8 Å². The van der Waals surface area contributed by atoms with Crippen LogP contribution < -0.4 is 9.47 Å². The van der Waals surface area contributed by atoms with Crippen molar-refractivity contribution < 1.29 is 14.3 Å². The summed E-state index contributed by atoms with van der Waals surface area (Å²) in [6.07, 6.45) is 3.51. The minimum Gasteiger partial charge on any atom is -0.493 e. The van der Waals surface area contributed by atoms with E-state index < -0.39 is 0 Å². The molecule has 5 nitrogen and oxygen atoms in total. The van der Waals surface area contributed by atoms with E-state index in [9.17, 15) is 4.79 Å². The molecule has 1 amide bonds. The van der Waals surface area contributed by atoms with Crippen molar-refractivity contribution in [2.45, 2.75) is 25.8 Å². The molecule has 1 aromatic rings. The quantitative estimate of drug-likeness (QED) is 0.803. The second-order valence-electron chi connectivity index (χ2n) is 5.60. The summed E-state index contributed by atoms with van der Waals surface area (Å²) in [5, 5.41) is 0. The van der Waals surface area contributed by atoms with Crippen LogP contribution in [-0.4, -0.2) is 43.3 Å². The average Bonchev–Trinajstić information content (AvgIpc) is 2.85. The number of carbonyl (C=O) groups excluding carboxylic acids is 1. The fourth-order valence-corrected chi connectivity index (χ4v) is 2.82. The highest BCUT2D eigenvalue weighted by Crippen LogP contribution is 2.38. The summed E-state index contributed by atoms with van der Waals surface area (Å²) < 4.78 is 11.1. The molecular formula is C17H20N2O3. The molecule has 0 aromatic heterocycles. The van der Waals surface area contributed by atoms with E-state index in [1.807, 2.05) is 18.0 Å². The van der Waals surface area contributed by atoms with E-state index in [1.165, 1.54) is 0 Å². The van der Waals surface area contributed by atoms with Gasteiger partial charge >= 0.3 is 0 Å². The van der Waals surface area contributed by atoms with E-state index in [-0.39, 0.29) is 11.9 Å². The molecule has 1 fully saturated rings. The molecule has 1 atom stereocenters. The van der Waals surface area contributed by atoms with Crippen LogP contribution >= 0.6 is 0 Å². The van der Waals surface area contributed by atoms with Crippen molar-refractivity contribution in [1.82, 2.24) is 4.90 Å². The standard InChI is InChI=1S/C17H20N2O3/c1-4-5-22-16-8-14-13(7-15(16)21-3)17(20)19-10-11(2)6-12(19)9-18-14/h7-9,12H,2,4-6,10H2,1,3H3/t12-/m0/s1. The fraction of sp³-hybridized carbons (Fsp3) is 0.412. The van der Waals surface area contributed by atoms with Crippen molar-refractivity contribution >= 4 is 17.8 Å². The Hall–Kier alpha value is -2.30. The van der Waals surface area contributed by atoms with E-state index in [2.05, 4.69) is 11.6 Å². The molecule has 22 heavy (non-hydrogen) atoms. The van der Waals surface area contributed by atoms with Gasteiger partial charge in [-0.15, -0.1) is 0 Å². The van der Waals surface area contributed by atoms with Gasteiger partial charge in [-0.1, -0.05) is 19.1 Å². The Morgan fingerprint density at radius 3 is 2.95 bits per heavy atom. The Balaban J connectivity index is 2.02. The first-order valence-corrected chi connectivity index (χ1v) is 7.50. The maximum absolute atomic E-state index is 12.8. The predicted molar refractivity (Wildman–Crippen MR) is 85.5 cm³/mol. The van der Waals surface area contributed by atoms with Gasteiger partial charge in [-0.25, -0.2) is 0 Å². The van der Waals surface area contributed by atoms with Gasteiger partial charge in [0, 0.05) is 18.8 Å². The Bertz CT molecular complexity index is 652. The monoisotopic (exact) mass is 300 g/mol. The van der Waals surface area contributed by atoms with Crippen LogP contribution in [0.2, 0.25) is 0 Å². The van der Waals surface area contributed by atoms with Gasteiger partial charge in [0.15, 0.2) is 11.5 Å². The van der Waals surface area contributed by atoms with Gasteiger partial charge in [-0.3, -0.25) is 9.79 Å². The first kappa shape index (κ1) is 14.6. The summed E-state index contributed by atoms with van der Waals surface area (Å²) in [6, 6.07) is 3.51. The van der Waals surface area contributed by atoms with Gasteiger partial charge in [-0.05, 0) is 18.9 Å². The SMILES string of the molecule is C=C1C[C@H]2C=Nc3cc(OCCC)c(OC)cc3C(=O)N2C1. The van der Waals surface area contributed by atoms with Crippen molar-refractivity contribution in [1.29, 1.82) is 0 Å². The van der Waals surface area contributed by atoms with Crippen LogP contribution in [0, 0.1) is 0 Å². The van der Waals surface area contributed by atoms with Crippen LogP contribution in [0.4, 0.5) is 5.69 Å². The lowest BCUT2D eigenvalue weighted by atomic mass is 10.1. The molecule has 5 heteroatoms. The molecule has 2 aliphatic rings. The van der Waals surface area contributed by atoms with Crippen LogP contribution in [0.15, 0.2) is 29.3 Å².